The van der Waals surface area contributed by atoms with Crippen LogP contribution in [0.2, 0.25) is 5.02 Å². The summed E-state index contributed by atoms with van der Waals surface area (Å²) >= 11 is 7.73. The van der Waals surface area contributed by atoms with Crippen LogP contribution in [0.25, 0.3) is 10.8 Å². The molecule has 5 nitrogen and oxygen atoms in total. The predicted octanol–water partition coefficient (Wildman–Crippen LogP) is 5.82. The smallest absolute Gasteiger partial charge is 0.337 e. The van der Waals surface area contributed by atoms with Gasteiger partial charge in [0.15, 0.2) is 0 Å². The minimum atomic E-state index is -0.492. The Morgan fingerprint density at radius 2 is 1.88 bits per heavy atom. The van der Waals surface area contributed by atoms with E-state index < -0.39 is 5.97 Å². The van der Waals surface area contributed by atoms with Crippen LogP contribution >= 0.6 is 22.9 Å². The van der Waals surface area contributed by atoms with Gasteiger partial charge in [0.05, 0.1) is 40.5 Å². The Labute approximate surface area is 195 Å². The van der Waals surface area contributed by atoms with Crippen molar-refractivity contribution in [3.05, 3.63) is 92.4 Å². The summed E-state index contributed by atoms with van der Waals surface area (Å²) in [6, 6.07) is 19.2. The molecule has 0 aliphatic heterocycles. The first kappa shape index (κ1) is 22.0. The average molecular weight is 465 g/mol. The van der Waals surface area contributed by atoms with Gasteiger partial charge in [-0.15, -0.1) is 11.3 Å². The zero-order valence-corrected chi connectivity index (χ0v) is 19.2. The number of halogens is 1. The first-order valence-electron chi connectivity index (χ1n) is 10.0. The maximum Gasteiger partial charge on any atom is 0.337 e. The largest absolute Gasteiger partial charge is 0.465 e. The molecule has 1 aromatic heterocycles. The number of amides is 1. The van der Waals surface area contributed by atoms with Crippen molar-refractivity contribution in [1.29, 1.82) is 0 Å². The number of anilines is 1. The van der Waals surface area contributed by atoms with Crippen molar-refractivity contribution in [2.24, 2.45) is 0 Å². The van der Waals surface area contributed by atoms with Gasteiger partial charge in [-0.25, -0.2) is 9.78 Å². The monoisotopic (exact) mass is 464 g/mol. The van der Waals surface area contributed by atoms with Gasteiger partial charge in [-0.1, -0.05) is 54.1 Å². The van der Waals surface area contributed by atoms with E-state index in [0.29, 0.717) is 22.7 Å². The number of rotatable bonds is 6. The number of thiazole rings is 1. The molecule has 3 aromatic carbocycles. The second-order valence-corrected chi connectivity index (χ2v) is 8.92. The zero-order valence-electron chi connectivity index (χ0n) is 17.6. The number of aryl methyl sites for hydroxylation is 1. The number of carbonyl (C=O) groups is 2. The van der Waals surface area contributed by atoms with Crippen molar-refractivity contribution in [2.45, 2.75) is 19.8 Å². The molecule has 0 saturated carbocycles. The summed E-state index contributed by atoms with van der Waals surface area (Å²) in [6.07, 6.45) is 0.888. The van der Waals surface area contributed by atoms with Crippen LogP contribution < -0.4 is 5.32 Å². The van der Waals surface area contributed by atoms with Gasteiger partial charge < -0.3 is 10.1 Å². The highest BCUT2D eigenvalue weighted by atomic mass is 35.5. The Kier molecular flexibility index (Phi) is 6.53. The fraction of sp³-hybridized carbons (Fsp3) is 0.160. The van der Waals surface area contributed by atoms with E-state index in [1.165, 1.54) is 40.8 Å². The van der Waals surface area contributed by atoms with Crippen molar-refractivity contribution >= 4 is 51.3 Å². The predicted molar refractivity (Wildman–Crippen MR) is 129 cm³/mol. The van der Waals surface area contributed by atoms with Gasteiger partial charge in [-0.3, -0.25) is 4.79 Å². The zero-order chi connectivity index (χ0) is 22.7. The van der Waals surface area contributed by atoms with Crippen LogP contribution in [0.5, 0.6) is 0 Å². The molecule has 0 spiro atoms. The van der Waals surface area contributed by atoms with Crippen LogP contribution in [0.1, 0.15) is 31.5 Å². The van der Waals surface area contributed by atoms with E-state index in [9.17, 15) is 9.59 Å². The Morgan fingerprint density at radius 1 is 1.09 bits per heavy atom. The van der Waals surface area contributed by atoms with Gasteiger partial charge in [0.2, 0.25) is 5.91 Å². The number of hydrogen-bond acceptors (Lipinski definition) is 5. The maximum atomic E-state index is 12.7. The molecule has 0 unspecified atom stereocenters. The quantitative estimate of drug-likeness (QED) is 0.365. The Hall–Kier alpha value is -3.22. The van der Waals surface area contributed by atoms with Gasteiger partial charge in [0.25, 0.3) is 0 Å². The highest BCUT2D eigenvalue weighted by Crippen LogP contribution is 2.27. The van der Waals surface area contributed by atoms with E-state index >= 15 is 0 Å². The van der Waals surface area contributed by atoms with Crippen LogP contribution in [-0.2, 0) is 22.4 Å². The second kappa shape index (κ2) is 9.51. The van der Waals surface area contributed by atoms with Crippen molar-refractivity contribution in [3.63, 3.8) is 0 Å². The maximum absolute atomic E-state index is 12.7. The number of carbonyl (C=O) groups excluding carboxylic acids is 2. The molecule has 7 heteroatoms. The average Bonchev–Trinajstić information content (AvgIpc) is 3.13. The number of esters is 1. The standard InChI is InChI=1S/C25H21ClN2O3S/c1-15-22(14-23(29)28-21-12-18(25(30)31-2)10-11-20(21)26)32-24(27-15)13-17-8-5-7-16-6-3-4-9-19(16)17/h3-12H,13-14H2,1-2H3,(H,28,29). The highest BCUT2D eigenvalue weighted by Gasteiger charge is 2.15. The number of benzene rings is 3. The summed E-state index contributed by atoms with van der Waals surface area (Å²) in [5.74, 6) is -0.717. The molecule has 0 atom stereocenters. The van der Waals surface area contributed by atoms with Crippen molar-refractivity contribution in [2.75, 3.05) is 12.4 Å². The van der Waals surface area contributed by atoms with Crippen molar-refractivity contribution in [1.82, 2.24) is 4.98 Å². The molecule has 1 N–H and O–H groups in total. The summed E-state index contributed by atoms with van der Waals surface area (Å²) < 4.78 is 4.72. The summed E-state index contributed by atoms with van der Waals surface area (Å²) in [5, 5.41) is 6.51. The lowest BCUT2D eigenvalue weighted by molar-refractivity contribution is -0.115. The van der Waals surface area contributed by atoms with Gasteiger partial charge in [-0.05, 0) is 41.5 Å². The number of aromatic nitrogens is 1. The molecule has 1 heterocycles. The molecule has 0 saturated heterocycles. The lowest BCUT2D eigenvalue weighted by Gasteiger charge is -2.08. The summed E-state index contributed by atoms with van der Waals surface area (Å²) in [6.45, 7) is 1.91. The number of methoxy groups -OCH3 is 1. The molecule has 0 bridgehead atoms. The van der Waals surface area contributed by atoms with Crippen LogP contribution in [0.3, 0.4) is 0 Å². The van der Waals surface area contributed by atoms with Gasteiger partial charge >= 0.3 is 5.97 Å². The third kappa shape index (κ3) is 4.82. The SMILES string of the molecule is COC(=O)c1ccc(Cl)c(NC(=O)Cc2sc(Cc3cccc4ccccc34)nc2C)c1. The van der Waals surface area contributed by atoms with Gasteiger partial charge in [0, 0.05) is 11.3 Å². The normalized spacial score (nSPS) is 10.8. The summed E-state index contributed by atoms with van der Waals surface area (Å²) in [4.78, 5) is 30.0. The van der Waals surface area contributed by atoms with Crippen LogP contribution in [0.15, 0.2) is 60.7 Å². The molecular formula is C25H21ClN2O3S. The fourth-order valence-corrected chi connectivity index (χ4v) is 4.80. The van der Waals surface area contributed by atoms with E-state index in [1.54, 1.807) is 12.1 Å². The molecule has 32 heavy (non-hydrogen) atoms. The Bertz CT molecular complexity index is 1310. The first-order valence-corrected chi connectivity index (χ1v) is 11.2. The van der Waals surface area contributed by atoms with Crippen molar-refractivity contribution in [3.8, 4) is 0 Å². The highest BCUT2D eigenvalue weighted by molar-refractivity contribution is 7.11. The van der Waals surface area contributed by atoms with E-state index in [2.05, 4.69) is 35.6 Å². The molecule has 0 radical (unpaired) electrons. The van der Waals surface area contributed by atoms with E-state index in [0.717, 1.165) is 15.6 Å². The number of nitrogens with zero attached hydrogens (tertiary/aromatic N) is 1. The van der Waals surface area contributed by atoms with Crippen LogP contribution in [-0.4, -0.2) is 24.0 Å². The molecule has 4 rings (SSSR count). The molecule has 0 aliphatic carbocycles. The van der Waals surface area contributed by atoms with E-state index in [1.807, 2.05) is 19.1 Å². The molecule has 0 aliphatic rings. The minimum absolute atomic E-state index is 0.178. The van der Waals surface area contributed by atoms with Crippen molar-refractivity contribution < 1.29 is 14.3 Å². The lowest BCUT2D eigenvalue weighted by Crippen LogP contribution is -2.15. The fourth-order valence-electron chi connectivity index (χ4n) is 3.54. The second-order valence-electron chi connectivity index (χ2n) is 7.34. The van der Waals surface area contributed by atoms with E-state index in [-0.39, 0.29) is 12.3 Å². The Balaban J connectivity index is 1.49. The summed E-state index contributed by atoms with van der Waals surface area (Å²) in [7, 11) is 1.30. The number of hydrogen-bond donors (Lipinski definition) is 1. The third-order valence-corrected chi connectivity index (χ3v) is 6.63. The first-order chi connectivity index (χ1) is 15.4. The summed E-state index contributed by atoms with van der Waals surface area (Å²) in [5.41, 5.74) is 2.74. The number of ether oxygens (including phenoxy) is 1. The topological polar surface area (TPSA) is 68.3 Å². The van der Waals surface area contributed by atoms with E-state index in [4.69, 9.17) is 21.3 Å². The molecular weight excluding hydrogens is 444 g/mol. The molecule has 0 fully saturated rings. The van der Waals surface area contributed by atoms with Crippen LogP contribution in [0.4, 0.5) is 5.69 Å². The van der Waals surface area contributed by atoms with Gasteiger partial charge in [-0.2, -0.15) is 0 Å². The lowest BCUT2D eigenvalue weighted by atomic mass is 10.0. The number of nitrogens with one attached hydrogen (secondary N) is 1. The molecule has 4 aromatic rings. The Morgan fingerprint density at radius 3 is 2.69 bits per heavy atom. The third-order valence-electron chi connectivity index (χ3n) is 5.14. The molecule has 1 amide bonds. The van der Waals surface area contributed by atoms with Gasteiger partial charge in [0.1, 0.15) is 0 Å². The van der Waals surface area contributed by atoms with Crippen LogP contribution in [0, 0.1) is 6.92 Å². The molecule has 162 valence electrons. The number of fused-ring (bicyclic) bond motifs is 1. The minimum Gasteiger partial charge on any atom is -0.465 e.